The summed E-state index contributed by atoms with van der Waals surface area (Å²) < 4.78 is 12.8. The second-order valence-electron chi connectivity index (χ2n) is 10.8. The van der Waals surface area contributed by atoms with Crippen LogP contribution in [0.25, 0.3) is 11.3 Å². The third-order valence-corrected chi connectivity index (χ3v) is 7.04. The Morgan fingerprint density at radius 3 is 1.92 bits per heavy atom. The number of hydrogen-bond acceptors (Lipinski definition) is 15. The van der Waals surface area contributed by atoms with Gasteiger partial charge in [0.05, 0.1) is 38.1 Å². The number of allylic oxidation sites excluding steroid dienone is 1. The first-order valence-corrected chi connectivity index (χ1v) is 16.5. The number of aromatic nitrogens is 8. The van der Waals surface area contributed by atoms with Crippen molar-refractivity contribution in [3.05, 3.63) is 83.0 Å². The van der Waals surface area contributed by atoms with Gasteiger partial charge in [-0.2, -0.15) is 24.9 Å². The molecule has 5 aromatic rings. The topological polar surface area (TPSA) is 280 Å². The predicted octanol–water partition coefficient (Wildman–Crippen LogP) is 2.03. The fourth-order valence-corrected chi connectivity index (χ4v) is 4.43. The van der Waals surface area contributed by atoms with E-state index in [1.54, 1.807) is 42.4 Å². The molecule has 0 atom stereocenters. The summed E-state index contributed by atoms with van der Waals surface area (Å²) >= 11 is 0. The molecular weight excluding hydrogens is 694 g/mol. The van der Waals surface area contributed by atoms with Crippen LogP contribution in [-0.4, -0.2) is 106 Å². The molecule has 19 nitrogen and oxygen atoms in total. The number of fused-ring (bicyclic) bond motifs is 2. The van der Waals surface area contributed by atoms with Crippen LogP contribution < -0.4 is 5.73 Å². The molecule has 1 aliphatic rings. The van der Waals surface area contributed by atoms with Crippen molar-refractivity contribution in [2.24, 2.45) is 0 Å². The van der Waals surface area contributed by atoms with Gasteiger partial charge in [-0.25, -0.2) is 28.6 Å². The number of rotatable bonds is 11. The average Bonchev–Trinajstić information content (AvgIpc) is 3.92. The van der Waals surface area contributed by atoms with Crippen molar-refractivity contribution in [1.29, 1.82) is 0 Å². The largest absolute Gasteiger partial charge is 0.501 e. The van der Waals surface area contributed by atoms with Gasteiger partial charge in [-0.05, 0) is 63.0 Å². The number of aromatic amines is 1. The fourth-order valence-electron chi connectivity index (χ4n) is 4.43. The Morgan fingerprint density at radius 1 is 0.962 bits per heavy atom. The highest BCUT2D eigenvalue weighted by molar-refractivity contribution is 5.95. The smallest absolute Gasteiger partial charge is 0.373 e. The number of nitrogen functional groups attached to an aromatic ring is 1. The molecule has 53 heavy (non-hydrogen) atoms. The zero-order valence-corrected chi connectivity index (χ0v) is 29.4. The molecule has 6 heterocycles. The summed E-state index contributed by atoms with van der Waals surface area (Å²) in [5, 5.41) is 40.7. The lowest BCUT2D eigenvalue weighted by atomic mass is 10.2. The first kappa shape index (κ1) is 42.9. The van der Waals surface area contributed by atoms with Crippen LogP contribution >= 0.6 is 0 Å². The quantitative estimate of drug-likeness (QED) is 0.0957. The molecule has 5 aromatic heterocycles. The normalized spacial score (nSPS) is 11.4. The Bertz CT molecular complexity index is 1950. The summed E-state index contributed by atoms with van der Waals surface area (Å²) in [7, 11) is 0. The number of nitrogens with two attached hydrogens (primary N) is 1. The summed E-state index contributed by atoms with van der Waals surface area (Å²) in [6.07, 6.45) is 19.5. The highest BCUT2D eigenvalue weighted by Gasteiger charge is 2.15. The minimum absolute atomic E-state index is 0.0914. The first-order chi connectivity index (χ1) is 25.7. The minimum Gasteiger partial charge on any atom is -0.501 e. The molecule has 19 heteroatoms. The molecule has 0 fully saturated rings. The van der Waals surface area contributed by atoms with Crippen molar-refractivity contribution in [3.8, 4) is 0 Å². The number of nitrogens with one attached hydrogen (secondary N) is 1. The van der Waals surface area contributed by atoms with Crippen LogP contribution in [0, 0.1) is 0 Å². The average molecular weight is 738 g/mol. The van der Waals surface area contributed by atoms with Crippen LogP contribution in [0.5, 0.6) is 0 Å². The Hall–Kier alpha value is -6.30. The first-order valence-electron chi connectivity index (χ1n) is 16.5. The van der Waals surface area contributed by atoms with Crippen molar-refractivity contribution < 1.29 is 48.8 Å². The third kappa shape index (κ3) is 14.1. The number of aliphatic hydroxyl groups is 2. The molecule has 6 rings (SSSR count). The monoisotopic (exact) mass is 737 g/mol. The van der Waals surface area contributed by atoms with E-state index in [9.17, 15) is 14.4 Å². The molecule has 0 aromatic carbocycles. The van der Waals surface area contributed by atoms with Gasteiger partial charge in [0.1, 0.15) is 23.2 Å². The highest BCUT2D eigenvalue weighted by Crippen LogP contribution is 2.12. The van der Waals surface area contributed by atoms with E-state index >= 15 is 0 Å². The van der Waals surface area contributed by atoms with Gasteiger partial charge in [-0.3, -0.25) is 9.89 Å². The molecule has 0 aliphatic carbocycles. The summed E-state index contributed by atoms with van der Waals surface area (Å²) in [6, 6.07) is 0. The highest BCUT2D eigenvalue weighted by atomic mass is 16.5. The summed E-state index contributed by atoms with van der Waals surface area (Å²) in [6.45, 7) is 5.15. The van der Waals surface area contributed by atoms with E-state index in [4.69, 9.17) is 40.1 Å². The molecule has 0 bridgehead atoms. The predicted molar refractivity (Wildman–Crippen MR) is 186 cm³/mol. The van der Waals surface area contributed by atoms with Gasteiger partial charge >= 0.3 is 18.1 Å². The summed E-state index contributed by atoms with van der Waals surface area (Å²) in [4.78, 5) is 57.0. The maximum absolute atomic E-state index is 11.6. The second kappa shape index (κ2) is 24.0. The van der Waals surface area contributed by atoms with E-state index in [2.05, 4.69) is 30.4 Å². The number of carboxylic acid groups (broad SMARTS) is 1. The number of carboxylic acids is 1. The van der Waals surface area contributed by atoms with Crippen molar-refractivity contribution in [3.63, 3.8) is 0 Å². The van der Waals surface area contributed by atoms with E-state index < -0.39 is 11.9 Å². The van der Waals surface area contributed by atoms with Crippen LogP contribution in [0.15, 0.2) is 55.2 Å². The molecule has 0 radical (unpaired) electrons. The molecule has 1 aliphatic heterocycles. The lowest BCUT2D eigenvalue weighted by molar-refractivity contribution is -0.191. The maximum Gasteiger partial charge on any atom is 0.373 e. The lowest BCUT2D eigenvalue weighted by Crippen LogP contribution is -2.05. The van der Waals surface area contributed by atoms with Crippen molar-refractivity contribution >= 4 is 41.5 Å². The number of H-pyrrole nitrogens is 1. The van der Waals surface area contributed by atoms with Gasteiger partial charge in [0.15, 0.2) is 11.3 Å². The number of carbonyl (C=O) groups is 3. The number of anilines is 1. The summed E-state index contributed by atoms with van der Waals surface area (Å²) in [5.41, 5.74) is 10.5. The van der Waals surface area contributed by atoms with Crippen LogP contribution in [0.2, 0.25) is 0 Å². The number of aromatic carboxylic acids is 1. The molecule has 0 saturated carbocycles. The van der Waals surface area contributed by atoms with Gasteiger partial charge in [0, 0.05) is 49.1 Å². The molecular formula is C34H43N9O10. The van der Waals surface area contributed by atoms with Crippen molar-refractivity contribution in [2.75, 3.05) is 32.2 Å². The number of aldehydes is 1. The van der Waals surface area contributed by atoms with E-state index in [0.717, 1.165) is 60.8 Å². The van der Waals surface area contributed by atoms with Crippen LogP contribution in [-0.2, 0) is 43.1 Å². The fraction of sp³-hybridized carbons (Fsp3) is 0.382. The number of nitrogens with zero attached hydrogens (tertiary/aromatic N) is 7. The van der Waals surface area contributed by atoms with Gasteiger partial charge in [-0.1, -0.05) is 6.92 Å². The molecule has 0 unspecified atom stereocenters. The van der Waals surface area contributed by atoms with Gasteiger partial charge in [-0.15, -0.1) is 0 Å². The number of esters is 1. The van der Waals surface area contributed by atoms with E-state index in [-0.39, 0.29) is 24.9 Å². The third-order valence-electron chi connectivity index (χ3n) is 7.04. The Labute approximate surface area is 303 Å². The zero-order chi connectivity index (χ0) is 39.0. The molecule has 0 saturated heterocycles. The molecule has 6 N–H and O–H groups in total. The lowest BCUT2D eigenvalue weighted by Gasteiger charge is -2.07. The summed E-state index contributed by atoms with van der Waals surface area (Å²) in [5.74, 6) is -0.763. The Kier molecular flexibility index (Phi) is 19.4. The van der Waals surface area contributed by atoms with Crippen molar-refractivity contribution in [2.45, 2.75) is 58.8 Å². The molecule has 284 valence electrons. The number of carbonyl (C=O) groups excluding carboxylic acids is 4. The van der Waals surface area contributed by atoms with E-state index in [1.165, 1.54) is 23.2 Å². The number of aryl methyl sites for hydroxylation is 3. The maximum atomic E-state index is 11.6. The van der Waals surface area contributed by atoms with Crippen LogP contribution in [0.3, 0.4) is 0 Å². The van der Waals surface area contributed by atoms with Crippen molar-refractivity contribution in [1.82, 2.24) is 39.4 Å². The van der Waals surface area contributed by atoms with Crippen LogP contribution in [0.1, 0.15) is 76.9 Å². The van der Waals surface area contributed by atoms with Gasteiger partial charge < -0.3 is 30.5 Å². The second-order valence-corrected chi connectivity index (χ2v) is 10.8. The van der Waals surface area contributed by atoms with Gasteiger partial charge in [0.2, 0.25) is 0 Å². The van der Waals surface area contributed by atoms with E-state index in [1.807, 2.05) is 6.92 Å². The number of hydrogen-bond donors (Lipinski definition) is 5. The zero-order valence-electron chi connectivity index (χ0n) is 29.4. The minimum atomic E-state index is -1.04. The van der Waals surface area contributed by atoms with Gasteiger partial charge in [0.25, 0.3) is 0 Å². The SMILES string of the molecule is CCOC(=O)c1cnn2cc(CCCO)cnc12.CCc1cn[nH]c1N.O=C(O)c1cnn2cc(CCCO)cnc12.O=C=O.O=CC1=COCCC1. The standard InChI is InChI=1S/C12H15N3O3.C10H11N3O3.C6H8O2.C5H9N3.CO2/c1-2-18-12(17)10-7-14-15-8-9(4-3-5-16)6-13-11(10)15;14-3-1-2-7-4-11-9-8(10(15)16)5-12-13(9)6-7;7-4-6-2-1-3-8-5-6;1-2-4-3-7-8-5(4)6;2-1-3/h6-8,16H,2-5H2,1H3;4-6,14H,1-3H2,(H,15,16);4-5H,1-3H2;3H,2H2,1H3,(H3,6,7,8);. The van der Waals surface area contributed by atoms with E-state index in [0.29, 0.717) is 48.5 Å². The van der Waals surface area contributed by atoms with Crippen LogP contribution in [0.4, 0.5) is 5.82 Å². The Morgan fingerprint density at radius 2 is 1.53 bits per heavy atom. The number of ether oxygens (including phenoxy) is 2. The molecule has 0 amide bonds. The number of aliphatic hydroxyl groups excluding tert-OH is 2. The molecule has 0 spiro atoms. The Balaban J connectivity index is 0.000000252.